The summed E-state index contributed by atoms with van der Waals surface area (Å²) in [4.78, 5) is 25.2. The van der Waals surface area contributed by atoms with E-state index in [1.807, 2.05) is 0 Å². The molecule has 4 nitrogen and oxygen atoms in total. The van der Waals surface area contributed by atoms with Crippen LogP contribution in [0.4, 0.5) is 0 Å². The normalized spacial score (nSPS) is 21.0. The van der Waals surface area contributed by atoms with Crippen LogP contribution in [0.1, 0.15) is 36.5 Å². The molecule has 3 aromatic rings. The number of benzene rings is 1. The van der Waals surface area contributed by atoms with Gasteiger partial charge in [0.2, 0.25) is 0 Å². The molecule has 1 fully saturated rings. The molecule has 1 aliphatic rings. The molecular formula is C22H27N3OS. The Bertz CT molecular complexity index is 1010. The van der Waals surface area contributed by atoms with Crippen LogP contribution in [-0.4, -0.2) is 28.0 Å². The molecule has 0 radical (unpaired) electrons. The highest BCUT2D eigenvalue weighted by Crippen LogP contribution is 2.35. The summed E-state index contributed by atoms with van der Waals surface area (Å²) in [6.07, 6.45) is 1.28. The molecule has 142 valence electrons. The molecule has 1 saturated heterocycles. The highest BCUT2D eigenvalue weighted by Gasteiger charge is 2.23. The first-order chi connectivity index (χ1) is 12.9. The Morgan fingerprint density at radius 3 is 2.48 bits per heavy atom. The molecule has 4 rings (SSSR count). The summed E-state index contributed by atoms with van der Waals surface area (Å²) in [5, 5.41) is 0.727. The summed E-state index contributed by atoms with van der Waals surface area (Å²) in [7, 11) is 0. The van der Waals surface area contributed by atoms with Gasteiger partial charge in [0.1, 0.15) is 10.7 Å². The lowest BCUT2D eigenvalue weighted by atomic mass is 9.92. The van der Waals surface area contributed by atoms with Crippen LogP contribution in [0.3, 0.4) is 0 Å². The van der Waals surface area contributed by atoms with Crippen molar-refractivity contribution in [2.45, 2.75) is 40.7 Å². The van der Waals surface area contributed by atoms with Gasteiger partial charge in [-0.05, 0) is 37.7 Å². The molecular weight excluding hydrogens is 354 g/mol. The number of fused-ring (bicyclic) bond motifs is 1. The Labute approximate surface area is 164 Å². The van der Waals surface area contributed by atoms with Crippen molar-refractivity contribution in [1.82, 2.24) is 14.9 Å². The van der Waals surface area contributed by atoms with E-state index >= 15 is 0 Å². The highest BCUT2D eigenvalue weighted by molar-refractivity contribution is 7.19. The lowest BCUT2D eigenvalue weighted by Gasteiger charge is -2.34. The molecule has 2 aromatic heterocycles. The molecule has 2 atom stereocenters. The van der Waals surface area contributed by atoms with Gasteiger partial charge < -0.3 is 4.98 Å². The zero-order valence-electron chi connectivity index (χ0n) is 16.5. The zero-order chi connectivity index (χ0) is 19.1. The number of nitrogens with zero attached hydrogens (tertiary/aromatic N) is 2. The van der Waals surface area contributed by atoms with Crippen molar-refractivity contribution in [3.63, 3.8) is 0 Å². The van der Waals surface area contributed by atoms with E-state index in [2.05, 4.69) is 61.8 Å². The molecule has 0 amide bonds. The SMILES string of the molecule is Cc1ccc(-c2c(C)sc3nc(CN4C[C@@H](C)C[C@H](C)C4)[nH]c(=O)c23)cc1. The van der Waals surface area contributed by atoms with Crippen LogP contribution < -0.4 is 5.56 Å². The van der Waals surface area contributed by atoms with Crippen LogP contribution in [-0.2, 0) is 6.54 Å². The topological polar surface area (TPSA) is 49.0 Å². The fourth-order valence-corrected chi connectivity index (χ4v) is 5.50. The van der Waals surface area contributed by atoms with Crippen molar-refractivity contribution in [1.29, 1.82) is 0 Å². The lowest BCUT2D eigenvalue weighted by molar-refractivity contribution is 0.131. The van der Waals surface area contributed by atoms with Gasteiger partial charge in [0.05, 0.1) is 11.9 Å². The predicted molar refractivity (Wildman–Crippen MR) is 113 cm³/mol. The molecule has 27 heavy (non-hydrogen) atoms. The highest BCUT2D eigenvalue weighted by atomic mass is 32.1. The monoisotopic (exact) mass is 381 g/mol. The number of H-pyrrole nitrogens is 1. The standard InChI is InChI=1S/C22H27N3OS/c1-13-5-7-17(8-6-13)19-16(4)27-22-20(19)21(26)23-18(24-22)12-25-10-14(2)9-15(3)11-25/h5-8,14-15H,9-12H2,1-4H3,(H,23,24,26)/t14-,15-/m0/s1. The number of aryl methyl sites for hydroxylation is 2. The Morgan fingerprint density at radius 1 is 1.15 bits per heavy atom. The van der Waals surface area contributed by atoms with Gasteiger partial charge >= 0.3 is 0 Å². The molecule has 1 aliphatic heterocycles. The smallest absolute Gasteiger partial charge is 0.260 e. The molecule has 5 heteroatoms. The van der Waals surface area contributed by atoms with E-state index in [0.717, 1.165) is 51.7 Å². The van der Waals surface area contributed by atoms with Crippen LogP contribution in [0.15, 0.2) is 29.1 Å². The number of aromatic nitrogens is 2. The van der Waals surface area contributed by atoms with Gasteiger partial charge in [0, 0.05) is 23.5 Å². The molecule has 0 aliphatic carbocycles. The van der Waals surface area contributed by atoms with Gasteiger partial charge in [-0.25, -0.2) is 4.98 Å². The molecule has 1 aromatic carbocycles. The third kappa shape index (κ3) is 3.71. The fraction of sp³-hybridized carbons (Fsp3) is 0.455. The average molecular weight is 382 g/mol. The quantitative estimate of drug-likeness (QED) is 0.712. The van der Waals surface area contributed by atoms with E-state index in [0.29, 0.717) is 11.8 Å². The van der Waals surface area contributed by atoms with E-state index in [-0.39, 0.29) is 5.56 Å². The predicted octanol–water partition coefficient (Wildman–Crippen LogP) is 4.75. The van der Waals surface area contributed by atoms with Crippen LogP contribution in [0.2, 0.25) is 0 Å². The Kier molecular flexibility index (Phi) is 4.91. The molecule has 0 unspecified atom stereocenters. The number of hydrogen-bond donors (Lipinski definition) is 1. The van der Waals surface area contributed by atoms with Crippen molar-refractivity contribution in [2.75, 3.05) is 13.1 Å². The van der Waals surface area contributed by atoms with E-state index in [1.165, 1.54) is 12.0 Å². The third-order valence-corrected chi connectivity index (χ3v) is 6.44. The Balaban J connectivity index is 1.71. The number of piperidine rings is 1. The fourth-order valence-electron chi connectivity index (χ4n) is 4.44. The number of rotatable bonds is 3. The van der Waals surface area contributed by atoms with Gasteiger partial charge in [-0.15, -0.1) is 11.3 Å². The second kappa shape index (κ2) is 7.21. The first-order valence-electron chi connectivity index (χ1n) is 9.72. The molecule has 3 heterocycles. The Hall–Kier alpha value is -1.98. The average Bonchev–Trinajstić information content (AvgIpc) is 2.91. The number of likely N-dealkylation sites (tertiary alicyclic amines) is 1. The van der Waals surface area contributed by atoms with Crippen LogP contribution in [0.25, 0.3) is 21.3 Å². The molecule has 0 spiro atoms. The van der Waals surface area contributed by atoms with Gasteiger partial charge in [-0.1, -0.05) is 43.7 Å². The van der Waals surface area contributed by atoms with Gasteiger partial charge in [-0.2, -0.15) is 0 Å². The van der Waals surface area contributed by atoms with Crippen molar-refractivity contribution in [3.8, 4) is 11.1 Å². The molecule has 1 N–H and O–H groups in total. The van der Waals surface area contributed by atoms with Crippen molar-refractivity contribution < 1.29 is 0 Å². The summed E-state index contributed by atoms with van der Waals surface area (Å²) in [6.45, 7) is 11.6. The van der Waals surface area contributed by atoms with E-state index in [4.69, 9.17) is 4.98 Å². The largest absolute Gasteiger partial charge is 0.309 e. The third-order valence-electron chi connectivity index (χ3n) is 5.45. The second-order valence-electron chi connectivity index (χ2n) is 8.23. The second-order valence-corrected chi connectivity index (χ2v) is 9.44. The van der Waals surface area contributed by atoms with E-state index < -0.39 is 0 Å². The number of hydrogen-bond acceptors (Lipinski definition) is 4. The number of nitrogens with one attached hydrogen (secondary N) is 1. The minimum atomic E-state index is -0.0203. The van der Waals surface area contributed by atoms with Gasteiger partial charge in [-0.3, -0.25) is 9.69 Å². The maximum atomic E-state index is 12.9. The maximum Gasteiger partial charge on any atom is 0.260 e. The summed E-state index contributed by atoms with van der Waals surface area (Å²) in [5.74, 6) is 2.17. The zero-order valence-corrected chi connectivity index (χ0v) is 17.3. The molecule has 0 bridgehead atoms. The first-order valence-corrected chi connectivity index (χ1v) is 10.5. The van der Waals surface area contributed by atoms with E-state index in [1.54, 1.807) is 11.3 Å². The van der Waals surface area contributed by atoms with Crippen molar-refractivity contribution >= 4 is 21.6 Å². The van der Waals surface area contributed by atoms with Crippen LogP contribution in [0, 0.1) is 25.7 Å². The van der Waals surface area contributed by atoms with Crippen molar-refractivity contribution in [3.05, 3.63) is 50.9 Å². The Morgan fingerprint density at radius 2 is 1.81 bits per heavy atom. The summed E-state index contributed by atoms with van der Waals surface area (Å²) in [6, 6.07) is 8.36. The lowest BCUT2D eigenvalue weighted by Crippen LogP contribution is -2.38. The van der Waals surface area contributed by atoms with Gasteiger partial charge in [0.25, 0.3) is 5.56 Å². The summed E-state index contributed by atoms with van der Waals surface area (Å²) < 4.78 is 0. The first kappa shape index (κ1) is 18.4. The summed E-state index contributed by atoms with van der Waals surface area (Å²) >= 11 is 1.62. The van der Waals surface area contributed by atoms with E-state index in [9.17, 15) is 4.79 Å². The molecule has 0 saturated carbocycles. The minimum absolute atomic E-state index is 0.0203. The van der Waals surface area contributed by atoms with Crippen LogP contribution >= 0.6 is 11.3 Å². The number of thiophene rings is 1. The van der Waals surface area contributed by atoms with Crippen LogP contribution in [0.5, 0.6) is 0 Å². The number of aromatic amines is 1. The van der Waals surface area contributed by atoms with Gasteiger partial charge in [0.15, 0.2) is 0 Å². The maximum absolute atomic E-state index is 12.9. The summed E-state index contributed by atoms with van der Waals surface area (Å²) in [5.41, 5.74) is 3.31. The van der Waals surface area contributed by atoms with Crippen molar-refractivity contribution in [2.24, 2.45) is 11.8 Å². The minimum Gasteiger partial charge on any atom is -0.309 e.